The minimum absolute atomic E-state index is 0.657. The van der Waals surface area contributed by atoms with Crippen molar-refractivity contribution in [3.63, 3.8) is 0 Å². The third-order valence-electron chi connectivity index (χ3n) is 5.35. The Morgan fingerprint density at radius 3 is 1.74 bits per heavy atom. The first-order chi connectivity index (χ1) is 13.4. The average Bonchev–Trinajstić information content (AvgIpc) is 2.77. The predicted octanol–water partition coefficient (Wildman–Crippen LogP) is 4.10. The van der Waals surface area contributed by atoms with Crippen molar-refractivity contribution >= 4 is 28.2 Å². The van der Waals surface area contributed by atoms with E-state index < -0.39 is 6.15 Å². The average molecular weight is 343 g/mol. The van der Waals surface area contributed by atoms with Crippen LogP contribution in [0.3, 0.4) is 0 Å². The SMILES string of the molecule is [C-]#[N+]c1ccc([B-](C2=CC=C[C+]=C2)(c2ccccc2)c2ccccc2)cc1. The normalized spacial score (nSPS) is 12.8. The van der Waals surface area contributed by atoms with Crippen molar-refractivity contribution in [3.05, 3.63) is 132 Å². The molecule has 0 N–H and O–H groups in total. The standard InChI is InChI=1S/C25H18BN/c1-27-25-19-17-24(18-20-25)26(21-11-5-2-6-12-21,22-13-7-3-8-14-22)23-15-9-4-10-16-23/h2-9,11-20H. The lowest BCUT2D eigenvalue weighted by Gasteiger charge is -2.41. The van der Waals surface area contributed by atoms with E-state index in [4.69, 9.17) is 6.57 Å². The molecular weight excluding hydrogens is 325 g/mol. The fourth-order valence-corrected chi connectivity index (χ4v) is 4.15. The Labute approximate surface area is 160 Å². The van der Waals surface area contributed by atoms with Gasteiger partial charge >= 0.3 is 0 Å². The molecule has 2 heteroatoms. The second-order valence-corrected chi connectivity index (χ2v) is 6.73. The highest BCUT2D eigenvalue weighted by molar-refractivity contribution is 7.16. The maximum absolute atomic E-state index is 7.29. The highest BCUT2D eigenvalue weighted by Gasteiger charge is 2.37. The molecule has 0 spiro atoms. The molecule has 3 aromatic carbocycles. The number of allylic oxidation sites excluding steroid dienone is 6. The Bertz CT molecular complexity index is 1010. The summed E-state index contributed by atoms with van der Waals surface area (Å²) in [5.74, 6) is 0. The van der Waals surface area contributed by atoms with Gasteiger partial charge in [0, 0.05) is 18.2 Å². The molecule has 4 rings (SSSR count). The van der Waals surface area contributed by atoms with Crippen molar-refractivity contribution in [3.8, 4) is 0 Å². The Kier molecular flexibility index (Phi) is 4.54. The summed E-state index contributed by atoms with van der Waals surface area (Å²) in [6.45, 7) is 7.29. The van der Waals surface area contributed by atoms with Crippen LogP contribution in [0.4, 0.5) is 5.69 Å². The molecule has 0 bridgehead atoms. The van der Waals surface area contributed by atoms with Crippen LogP contribution < -0.4 is 16.4 Å². The maximum atomic E-state index is 7.29. The van der Waals surface area contributed by atoms with E-state index in [1.54, 1.807) is 0 Å². The lowest BCUT2D eigenvalue weighted by atomic mass is 9.12. The smallest absolute Gasteiger partial charge is 0.187 e. The van der Waals surface area contributed by atoms with Gasteiger partial charge in [-0.05, 0) is 0 Å². The molecule has 0 unspecified atom stereocenters. The van der Waals surface area contributed by atoms with Gasteiger partial charge in [-0.15, -0.1) is 12.1 Å². The predicted molar refractivity (Wildman–Crippen MR) is 115 cm³/mol. The molecule has 0 aliphatic heterocycles. The molecule has 0 aromatic heterocycles. The van der Waals surface area contributed by atoms with Crippen LogP contribution in [0.5, 0.6) is 0 Å². The van der Waals surface area contributed by atoms with E-state index in [9.17, 15) is 0 Å². The lowest BCUT2D eigenvalue weighted by molar-refractivity contribution is 1.61. The van der Waals surface area contributed by atoms with Gasteiger partial charge in [0.2, 0.25) is 0 Å². The highest BCUT2D eigenvalue weighted by Crippen LogP contribution is 2.21. The molecule has 1 aliphatic rings. The van der Waals surface area contributed by atoms with Gasteiger partial charge in [0.15, 0.2) is 11.8 Å². The van der Waals surface area contributed by atoms with E-state index in [1.165, 1.54) is 21.9 Å². The monoisotopic (exact) mass is 343 g/mol. The maximum Gasteiger partial charge on any atom is 0.187 e. The summed E-state index contributed by atoms with van der Waals surface area (Å²) in [4.78, 5) is 3.56. The van der Waals surface area contributed by atoms with Crippen molar-refractivity contribution in [1.82, 2.24) is 0 Å². The molecule has 0 heterocycles. The zero-order valence-electron chi connectivity index (χ0n) is 14.9. The number of nitrogens with zero attached hydrogens (tertiary/aromatic N) is 1. The van der Waals surface area contributed by atoms with Crippen molar-refractivity contribution in [2.24, 2.45) is 0 Å². The Balaban J connectivity index is 2.09. The molecule has 0 radical (unpaired) electrons. The van der Waals surface area contributed by atoms with Gasteiger partial charge in [-0.1, -0.05) is 78.3 Å². The van der Waals surface area contributed by atoms with Gasteiger partial charge in [0.25, 0.3) is 0 Å². The molecular formula is C25H18BN. The van der Waals surface area contributed by atoms with E-state index in [0.29, 0.717) is 5.69 Å². The summed E-state index contributed by atoms with van der Waals surface area (Å²) in [7, 11) is 0. The Hall–Kier alpha value is -3.66. The van der Waals surface area contributed by atoms with Gasteiger partial charge in [-0.3, -0.25) is 0 Å². The van der Waals surface area contributed by atoms with Gasteiger partial charge < -0.3 is 0 Å². The van der Waals surface area contributed by atoms with Crippen LogP contribution in [0.2, 0.25) is 0 Å². The summed E-state index contributed by atoms with van der Waals surface area (Å²) in [6, 6.07) is 29.3. The minimum atomic E-state index is -1.37. The van der Waals surface area contributed by atoms with Crippen LogP contribution in [0, 0.1) is 12.6 Å². The second kappa shape index (κ2) is 7.30. The first kappa shape index (κ1) is 16.8. The number of rotatable bonds is 4. The van der Waals surface area contributed by atoms with Crippen molar-refractivity contribution in [1.29, 1.82) is 0 Å². The lowest BCUT2D eigenvalue weighted by Crippen LogP contribution is -2.68. The fourth-order valence-electron chi connectivity index (χ4n) is 4.15. The molecule has 0 atom stereocenters. The molecule has 27 heavy (non-hydrogen) atoms. The van der Waals surface area contributed by atoms with Crippen LogP contribution in [-0.4, -0.2) is 6.15 Å². The summed E-state index contributed by atoms with van der Waals surface area (Å²) < 4.78 is 0. The van der Waals surface area contributed by atoms with Crippen molar-refractivity contribution < 1.29 is 0 Å². The van der Waals surface area contributed by atoms with E-state index in [1.807, 2.05) is 24.3 Å². The molecule has 3 aromatic rings. The van der Waals surface area contributed by atoms with Gasteiger partial charge in [-0.2, -0.15) is 16.4 Å². The molecule has 1 aliphatic carbocycles. The molecule has 0 amide bonds. The largest absolute Gasteiger partial charge is 0.238 e. The van der Waals surface area contributed by atoms with E-state index in [0.717, 1.165) is 0 Å². The first-order valence-electron chi connectivity index (χ1n) is 9.07. The summed E-state index contributed by atoms with van der Waals surface area (Å²) >= 11 is 0. The van der Waals surface area contributed by atoms with E-state index in [2.05, 4.69) is 95.9 Å². The van der Waals surface area contributed by atoms with Crippen LogP contribution in [0.1, 0.15) is 0 Å². The van der Waals surface area contributed by atoms with Gasteiger partial charge in [0.05, 0.1) is 12.6 Å². The van der Waals surface area contributed by atoms with Crippen LogP contribution in [0.25, 0.3) is 4.85 Å². The third-order valence-corrected chi connectivity index (χ3v) is 5.35. The highest BCUT2D eigenvalue weighted by atomic mass is 14.6. The van der Waals surface area contributed by atoms with Gasteiger partial charge in [-0.25, -0.2) is 4.85 Å². The first-order valence-corrected chi connectivity index (χ1v) is 9.07. The summed E-state index contributed by atoms with van der Waals surface area (Å²) in [6.07, 6.45) is 10.1. The van der Waals surface area contributed by atoms with Crippen LogP contribution in [0.15, 0.2) is 115 Å². The number of benzene rings is 3. The molecule has 126 valence electrons. The Morgan fingerprint density at radius 1 is 0.704 bits per heavy atom. The fraction of sp³-hybridized carbons (Fsp3) is 0. The van der Waals surface area contributed by atoms with E-state index in [-0.39, 0.29) is 0 Å². The quantitative estimate of drug-likeness (QED) is 0.496. The molecule has 1 nitrogen and oxygen atoms in total. The van der Waals surface area contributed by atoms with Crippen molar-refractivity contribution in [2.45, 2.75) is 0 Å². The zero-order valence-corrected chi connectivity index (χ0v) is 14.9. The van der Waals surface area contributed by atoms with Crippen LogP contribution in [-0.2, 0) is 0 Å². The molecule has 0 saturated carbocycles. The van der Waals surface area contributed by atoms with Crippen LogP contribution >= 0.6 is 0 Å². The Morgan fingerprint density at radius 2 is 1.26 bits per heavy atom. The number of hydrogen-bond acceptors (Lipinski definition) is 0. The molecule has 0 fully saturated rings. The third kappa shape index (κ3) is 2.91. The molecule has 0 saturated heterocycles. The summed E-state index contributed by atoms with van der Waals surface area (Å²) in [5.41, 5.74) is 5.56. The number of hydrogen-bond donors (Lipinski definition) is 0. The minimum Gasteiger partial charge on any atom is -0.238 e. The summed E-state index contributed by atoms with van der Waals surface area (Å²) in [5, 5.41) is 0. The topological polar surface area (TPSA) is 4.36 Å². The zero-order chi connectivity index (χ0) is 18.5. The second-order valence-electron chi connectivity index (χ2n) is 6.73. The van der Waals surface area contributed by atoms with E-state index >= 15 is 0 Å². The van der Waals surface area contributed by atoms with Crippen molar-refractivity contribution in [2.75, 3.05) is 0 Å². The van der Waals surface area contributed by atoms with Gasteiger partial charge in [0.1, 0.15) is 6.08 Å².